The number of carbonyl (C=O) groups is 1. The molecule has 6 nitrogen and oxygen atoms in total. The monoisotopic (exact) mass is 356 g/mol. The van der Waals surface area contributed by atoms with Gasteiger partial charge in [0.15, 0.2) is 0 Å². The fourth-order valence-corrected chi connectivity index (χ4v) is 2.77. The molecule has 1 aromatic carbocycles. The van der Waals surface area contributed by atoms with Gasteiger partial charge in [0, 0.05) is 18.7 Å². The number of benzene rings is 1. The summed E-state index contributed by atoms with van der Waals surface area (Å²) < 4.78 is 5.70. The third-order valence-electron chi connectivity index (χ3n) is 4.27. The summed E-state index contributed by atoms with van der Waals surface area (Å²) >= 11 is 0. The molecule has 26 heavy (non-hydrogen) atoms. The molecule has 0 aliphatic rings. The van der Waals surface area contributed by atoms with E-state index in [1.54, 1.807) is 11.8 Å². The van der Waals surface area contributed by atoms with E-state index in [1.807, 2.05) is 38.1 Å². The zero-order valence-electron chi connectivity index (χ0n) is 16.1. The number of hydrogen-bond donors (Lipinski definition) is 1. The van der Waals surface area contributed by atoms with Gasteiger partial charge in [-0.3, -0.25) is 4.79 Å². The van der Waals surface area contributed by atoms with Crippen LogP contribution in [-0.2, 0) is 0 Å². The number of aryl methyl sites for hydroxylation is 1. The van der Waals surface area contributed by atoms with E-state index in [-0.39, 0.29) is 11.9 Å². The van der Waals surface area contributed by atoms with Crippen LogP contribution in [0.3, 0.4) is 0 Å². The minimum Gasteiger partial charge on any atom is -0.494 e. The molecule has 2 N–H and O–H groups in total. The normalized spacial score (nSPS) is 10.6. The quantitative estimate of drug-likeness (QED) is 0.730. The molecular formula is C20H28N4O2. The van der Waals surface area contributed by atoms with Crippen LogP contribution in [0.5, 0.6) is 5.75 Å². The van der Waals surface area contributed by atoms with Crippen LogP contribution in [-0.4, -0.2) is 40.5 Å². The maximum absolute atomic E-state index is 13.0. The number of hydrogen-bond acceptors (Lipinski definition) is 5. The lowest BCUT2D eigenvalue weighted by Gasteiger charge is -2.21. The fraction of sp³-hybridized carbons (Fsp3) is 0.450. The Labute approximate surface area is 155 Å². The van der Waals surface area contributed by atoms with Gasteiger partial charge in [0.1, 0.15) is 5.75 Å². The molecule has 0 saturated heterocycles. The van der Waals surface area contributed by atoms with E-state index < -0.39 is 0 Å². The number of amides is 1. The number of carbonyl (C=O) groups excluding carboxylic acids is 1. The van der Waals surface area contributed by atoms with E-state index in [9.17, 15) is 4.79 Å². The van der Waals surface area contributed by atoms with Crippen molar-refractivity contribution >= 4 is 11.9 Å². The first-order chi connectivity index (χ1) is 12.5. The van der Waals surface area contributed by atoms with Gasteiger partial charge in [-0.1, -0.05) is 13.3 Å². The molecule has 0 bridgehead atoms. The van der Waals surface area contributed by atoms with Crippen LogP contribution in [0.1, 0.15) is 49.7 Å². The molecular weight excluding hydrogens is 328 g/mol. The van der Waals surface area contributed by atoms with E-state index in [2.05, 4.69) is 16.9 Å². The Kier molecular flexibility index (Phi) is 6.95. The third-order valence-corrected chi connectivity index (χ3v) is 4.27. The number of rotatable bonds is 8. The molecule has 1 aromatic heterocycles. The Morgan fingerprint density at radius 2 is 1.77 bits per heavy atom. The molecule has 2 aromatic rings. The predicted octanol–water partition coefficient (Wildman–Crippen LogP) is 3.70. The summed E-state index contributed by atoms with van der Waals surface area (Å²) in [6, 6.07) is 7.59. The summed E-state index contributed by atoms with van der Waals surface area (Å²) in [5.41, 5.74) is 8.32. The molecule has 0 aliphatic heterocycles. The summed E-state index contributed by atoms with van der Waals surface area (Å²) in [5, 5.41) is 0. The van der Waals surface area contributed by atoms with Crippen molar-refractivity contribution in [2.24, 2.45) is 0 Å². The average molecular weight is 356 g/mol. The number of aromatic nitrogens is 2. The maximum Gasteiger partial charge on any atom is 0.257 e. The Balaban J connectivity index is 2.40. The minimum absolute atomic E-state index is 0.0780. The Bertz CT molecular complexity index is 740. The van der Waals surface area contributed by atoms with Crippen LogP contribution in [0.2, 0.25) is 0 Å². The molecule has 2 rings (SSSR count). The van der Waals surface area contributed by atoms with Crippen molar-refractivity contribution in [3.63, 3.8) is 0 Å². The van der Waals surface area contributed by atoms with Gasteiger partial charge in [0.2, 0.25) is 5.95 Å². The summed E-state index contributed by atoms with van der Waals surface area (Å²) in [7, 11) is 0. The van der Waals surface area contributed by atoms with Gasteiger partial charge < -0.3 is 15.4 Å². The van der Waals surface area contributed by atoms with Gasteiger partial charge >= 0.3 is 0 Å². The topological polar surface area (TPSA) is 81.3 Å². The van der Waals surface area contributed by atoms with Crippen LogP contribution >= 0.6 is 0 Å². The third kappa shape index (κ3) is 4.50. The highest BCUT2D eigenvalue weighted by atomic mass is 16.5. The van der Waals surface area contributed by atoms with Crippen molar-refractivity contribution in [2.45, 2.75) is 40.5 Å². The van der Waals surface area contributed by atoms with Crippen LogP contribution in [0.25, 0.3) is 11.3 Å². The zero-order chi connectivity index (χ0) is 19.1. The molecule has 0 radical (unpaired) electrons. The smallest absolute Gasteiger partial charge is 0.257 e. The standard InChI is InChI=1S/C20H28N4O2/c1-5-8-13-26-16-11-9-15(10-12-16)18-17(14(4)22-20(21)23-18)19(25)24(6-2)7-3/h9-12H,5-8,13H2,1-4H3,(H2,21,22,23). The van der Waals surface area contributed by atoms with Gasteiger partial charge in [-0.25, -0.2) is 9.97 Å². The predicted molar refractivity (Wildman–Crippen MR) is 104 cm³/mol. The van der Waals surface area contributed by atoms with Crippen LogP contribution < -0.4 is 10.5 Å². The van der Waals surface area contributed by atoms with Crippen molar-refractivity contribution in [2.75, 3.05) is 25.4 Å². The number of nitrogen functional groups attached to an aromatic ring is 1. The second-order valence-electron chi connectivity index (χ2n) is 6.09. The van der Waals surface area contributed by atoms with E-state index in [0.717, 1.165) is 24.2 Å². The average Bonchev–Trinajstić information content (AvgIpc) is 2.62. The van der Waals surface area contributed by atoms with Gasteiger partial charge in [-0.15, -0.1) is 0 Å². The molecule has 0 aliphatic carbocycles. The largest absolute Gasteiger partial charge is 0.494 e. The van der Waals surface area contributed by atoms with Crippen LogP contribution in [0, 0.1) is 6.92 Å². The van der Waals surface area contributed by atoms with Crippen molar-refractivity contribution in [1.29, 1.82) is 0 Å². The van der Waals surface area contributed by atoms with E-state index >= 15 is 0 Å². The van der Waals surface area contributed by atoms with Gasteiger partial charge in [-0.05, 0) is 51.5 Å². The molecule has 0 spiro atoms. The molecule has 0 saturated carbocycles. The first-order valence-electron chi connectivity index (χ1n) is 9.18. The summed E-state index contributed by atoms with van der Waals surface area (Å²) in [6.45, 7) is 9.78. The number of ether oxygens (including phenoxy) is 1. The van der Waals surface area contributed by atoms with Crippen molar-refractivity contribution in [3.05, 3.63) is 35.5 Å². The lowest BCUT2D eigenvalue weighted by molar-refractivity contribution is 0.0772. The summed E-state index contributed by atoms with van der Waals surface area (Å²) in [5.74, 6) is 0.889. The molecule has 1 heterocycles. The minimum atomic E-state index is -0.0780. The van der Waals surface area contributed by atoms with Crippen molar-refractivity contribution in [3.8, 4) is 17.0 Å². The fourth-order valence-electron chi connectivity index (χ4n) is 2.77. The van der Waals surface area contributed by atoms with Crippen molar-refractivity contribution < 1.29 is 9.53 Å². The van der Waals surface area contributed by atoms with Crippen molar-refractivity contribution in [1.82, 2.24) is 14.9 Å². The summed E-state index contributed by atoms with van der Waals surface area (Å²) in [6.07, 6.45) is 2.11. The lowest BCUT2D eigenvalue weighted by atomic mass is 10.0. The first kappa shape index (κ1) is 19.7. The number of nitrogens with two attached hydrogens (primary N) is 1. The van der Waals surface area contributed by atoms with E-state index in [4.69, 9.17) is 10.5 Å². The molecule has 0 unspecified atom stereocenters. The van der Waals surface area contributed by atoms with E-state index in [1.165, 1.54) is 0 Å². The zero-order valence-corrected chi connectivity index (χ0v) is 16.1. The highest BCUT2D eigenvalue weighted by Gasteiger charge is 2.22. The SMILES string of the molecule is CCCCOc1ccc(-c2nc(N)nc(C)c2C(=O)N(CC)CC)cc1. The van der Waals surface area contributed by atoms with Gasteiger partial charge in [0.25, 0.3) is 5.91 Å². The molecule has 0 fully saturated rings. The van der Waals surface area contributed by atoms with Crippen LogP contribution in [0.4, 0.5) is 5.95 Å². The molecule has 1 amide bonds. The highest BCUT2D eigenvalue weighted by Crippen LogP contribution is 2.27. The van der Waals surface area contributed by atoms with Gasteiger partial charge in [-0.2, -0.15) is 0 Å². The summed E-state index contributed by atoms with van der Waals surface area (Å²) in [4.78, 5) is 23.3. The maximum atomic E-state index is 13.0. The Morgan fingerprint density at radius 3 is 2.35 bits per heavy atom. The molecule has 140 valence electrons. The number of nitrogens with zero attached hydrogens (tertiary/aromatic N) is 3. The Morgan fingerprint density at radius 1 is 1.12 bits per heavy atom. The van der Waals surface area contributed by atoms with E-state index in [0.29, 0.717) is 36.6 Å². The first-order valence-corrected chi connectivity index (χ1v) is 9.18. The number of unbranched alkanes of at least 4 members (excludes halogenated alkanes) is 1. The Hall–Kier alpha value is -2.63. The van der Waals surface area contributed by atoms with Gasteiger partial charge in [0.05, 0.1) is 23.6 Å². The second kappa shape index (κ2) is 9.17. The second-order valence-corrected chi connectivity index (χ2v) is 6.09. The lowest BCUT2D eigenvalue weighted by Crippen LogP contribution is -2.32. The van der Waals surface area contributed by atoms with Crippen LogP contribution in [0.15, 0.2) is 24.3 Å². The molecule has 6 heteroatoms. The number of anilines is 1. The molecule has 0 atom stereocenters. The highest BCUT2D eigenvalue weighted by molar-refractivity contribution is 6.01.